The van der Waals surface area contributed by atoms with Crippen LogP contribution in [0.4, 0.5) is 0 Å². The molecule has 0 saturated heterocycles. The molecule has 1 aliphatic carbocycles. The quantitative estimate of drug-likeness (QED) is 0.764. The molecule has 5 heteroatoms. The topological polar surface area (TPSA) is 43.3 Å². The summed E-state index contributed by atoms with van der Waals surface area (Å²) < 4.78 is 8.51. The van der Waals surface area contributed by atoms with Crippen LogP contribution in [0.2, 0.25) is 0 Å². The number of aryl methyl sites for hydroxylation is 1. The van der Waals surface area contributed by atoms with Crippen molar-refractivity contribution < 1.29 is 9.53 Å². The number of carbonyl (C=O) groups excluding carboxylic acids is 1. The molecule has 0 aliphatic heterocycles. The Balaban J connectivity index is 1.70. The highest BCUT2D eigenvalue weighted by Gasteiger charge is 2.26. The van der Waals surface area contributed by atoms with Gasteiger partial charge in [-0.25, -0.2) is 0 Å². The zero-order valence-corrected chi connectivity index (χ0v) is 14.7. The molecule has 3 aromatic rings. The number of carbonyl (C=O) groups is 1. The Kier molecular flexibility index (Phi) is 3.81. The van der Waals surface area contributed by atoms with Gasteiger partial charge in [0.15, 0.2) is 0 Å². The molecule has 2 heterocycles. The van der Waals surface area contributed by atoms with Crippen LogP contribution in [-0.2, 0) is 6.54 Å². The van der Waals surface area contributed by atoms with Gasteiger partial charge in [0.25, 0.3) is 5.91 Å². The Morgan fingerprint density at radius 3 is 2.71 bits per heavy atom. The number of nitrogens with one attached hydrogen (secondary N) is 1. The van der Waals surface area contributed by atoms with E-state index >= 15 is 0 Å². The van der Waals surface area contributed by atoms with E-state index in [4.69, 9.17) is 4.74 Å². The van der Waals surface area contributed by atoms with Crippen molar-refractivity contribution in [2.24, 2.45) is 0 Å². The van der Waals surface area contributed by atoms with Gasteiger partial charge in [0.05, 0.1) is 17.3 Å². The van der Waals surface area contributed by atoms with Crippen molar-refractivity contribution in [1.82, 2.24) is 9.88 Å². The van der Waals surface area contributed by atoms with E-state index in [9.17, 15) is 4.79 Å². The second-order valence-corrected chi connectivity index (χ2v) is 7.61. The Morgan fingerprint density at radius 2 is 2.04 bits per heavy atom. The van der Waals surface area contributed by atoms with E-state index < -0.39 is 0 Å². The van der Waals surface area contributed by atoms with Crippen molar-refractivity contribution in [3.8, 4) is 5.75 Å². The zero-order valence-electron chi connectivity index (χ0n) is 13.8. The molecule has 0 unspecified atom stereocenters. The third kappa shape index (κ3) is 2.91. The third-order valence-corrected chi connectivity index (χ3v) is 5.34. The number of fused-ring (bicyclic) bond motifs is 1. The largest absolute Gasteiger partial charge is 0.497 e. The monoisotopic (exact) mass is 340 g/mol. The highest BCUT2D eigenvalue weighted by Crippen LogP contribution is 2.30. The van der Waals surface area contributed by atoms with E-state index in [1.807, 2.05) is 30.3 Å². The fourth-order valence-electron chi connectivity index (χ4n) is 2.92. The van der Waals surface area contributed by atoms with Crippen LogP contribution in [0.15, 0.2) is 36.4 Å². The molecular weight excluding hydrogens is 320 g/mol. The van der Waals surface area contributed by atoms with Crippen molar-refractivity contribution in [2.45, 2.75) is 32.4 Å². The predicted octanol–water partition coefficient (Wildman–Crippen LogP) is 3.96. The highest BCUT2D eigenvalue weighted by atomic mass is 32.1. The summed E-state index contributed by atoms with van der Waals surface area (Å²) in [6.45, 7) is 2.78. The van der Waals surface area contributed by atoms with E-state index in [2.05, 4.69) is 22.9 Å². The molecule has 0 radical (unpaired) electrons. The minimum atomic E-state index is 0.0343. The lowest BCUT2D eigenvalue weighted by atomic mass is 10.2. The molecule has 0 atom stereocenters. The summed E-state index contributed by atoms with van der Waals surface area (Å²) in [6.07, 6.45) is 2.19. The Bertz CT molecular complexity index is 888. The van der Waals surface area contributed by atoms with Crippen molar-refractivity contribution in [1.29, 1.82) is 0 Å². The van der Waals surface area contributed by atoms with Crippen LogP contribution in [0.25, 0.3) is 10.2 Å². The Hall–Kier alpha value is -2.27. The molecule has 1 amide bonds. The lowest BCUT2D eigenvalue weighted by molar-refractivity contribution is 0.0942. The maximum Gasteiger partial charge on any atom is 0.268 e. The number of hydrogen-bond donors (Lipinski definition) is 1. The first-order valence-electron chi connectivity index (χ1n) is 8.17. The van der Waals surface area contributed by atoms with Gasteiger partial charge in [-0.3, -0.25) is 4.79 Å². The summed E-state index contributed by atoms with van der Waals surface area (Å²) in [5, 5.41) is 3.10. The highest BCUT2D eigenvalue weighted by molar-refractivity contribution is 7.19. The first-order chi connectivity index (χ1) is 11.6. The Labute approximate surface area is 145 Å². The van der Waals surface area contributed by atoms with E-state index in [0.717, 1.165) is 35.4 Å². The van der Waals surface area contributed by atoms with Crippen LogP contribution in [0.5, 0.6) is 5.75 Å². The van der Waals surface area contributed by atoms with Gasteiger partial charge in [0.1, 0.15) is 11.4 Å². The van der Waals surface area contributed by atoms with E-state index in [0.29, 0.717) is 12.6 Å². The van der Waals surface area contributed by atoms with Gasteiger partial charge in [0, 0.05) is 17.5 Å². The second kappa shape index (κ2) is 5.98. The maximum atomic E-state index is 12.6. The number of hydrogen-bond acceptors (Lipinski definition) is 3. The number of aromatic nitrogens is 1. The molecule has 1 aromatic carbocycles. The average Bonchev–Trinajstić information content (AvgIpc) is 3.23. The first kappa shape index (κ1) is 15.3. The van der Waals surface area contributed by atoms with Gasteiger partial charge < -0.3 is 14.6 Å². The molecule has 1 N–H and O–H groups in total. The lowest BCUT2D eigenvalue weighted by Crippen LogP contribution is -2.27. The summed E-state index contributed by atoms with van der Waals surface area (Å²) in [5.74, 6) is 0.876. The van der Waals surface area contributed by atoms with Crippen molar-refractivity contribution in [3.63, 3.8) is 0 Å². The molecule has 0 spiro atoms. The molecule has 1 aliphatic rings. The van der Waals surface area contributed by atoms with Gasteiger partial charge in [-0.1, -0.05) is 12.1 Å². The second-order valence-electron chi connectivity index (χ2n) is 6.32. The number of nitrogens with zero attached hydrogens (tertiary/aromatic N) is 1. The minimum Gasteiger partial charge on any atom is -0.497 e. The molecule has 1 saturated carbocycles. The minimum absolute atomic E-state index is 0.0343. The summed E-state index contributed by atoms with van der Waals surface area (Å²) in [6, 6.07) is 12.6. The van der Waals surface area contributed by atoms with Crippen LogP contribution < -0.4 is 10.1 Å². The molecule has 4 nitrogen and oxygen atoms in total. The van der Waals surface area contributed by atoms with Crippen LogP contribution in [-0.4, -0.2) is 23.6 Å². The summed E-state index contributed by atoms with van der Waals surface area (Å²) >= 11 is 1.73. The standard InChI is InChI=1S/C19H20N2O2S/c1-12-9-16-18(24-12)10-17(19(22)20-14-5-6-14)21(16)11-13-3-7-15(23-2)8-4-13/h3-4,7-10,14H,5-6,11H2,1-2H3,(H,20,22). The van der Waals surface area contributed by atoms with Crippen molar-refractivity contribution in [2.75, 3.05) is 7.11 Å². The van der Waals surface area contributed by atoms with Crippen LogP contribution in [0.3, 0.4) is 0 Å². The average molecular weight is 340 g/mol. The van der Waals surface area contributed by atoms with E-state index in [1.165, 1.54) is 9.58 Å². The van der Waals surface area contributed by atoms with Crippen molar-refractivity contribution >= 4 is 27.5 Å². The van der Waals surface area contributed by atoms with Crippen LogP contribution >= 0.6 is 11.3 Å². The first-order valence-corrected chi connectivity index (χ1v) is 8.99. The smallest absolute Gasteiger partial charge is 0.268 e. The molecule has 0 bridgehead atoms. The normalized spacial score (nSPS) is 14.1. The fourth-order valence-corrected chi connectivity index (χ4v) is 3.89. The molecule has 1 fully saturated rings. The predicted molar refractivity (Wildman–Crippen MR) is 97.1 cm³/mol. The molecular formula is C19H20N2O2S. The maximum absolute atomic E-state index is 12.6. The Morgan fingerprint density at radius 1 is 1.29 bits per heavy atom. The third-order valence-electron chi connectivity index (χ3n) is 4.36. The van der Waals surface area contributed by atoms with Crippen LogP contribution in [0, 0.1) is 6.92 Å². The van der Waals surface area contributed by atoms with Gasteiger partial charge >= 0.3 is 0 Å². The fraction of sp³-hybridized carbons (Fsp3) is 0.316. The molecule has 4 rings (SSSR count). The number of benzene rings is 1. The summed E-state index contributed by atoms with van der Waals surface area (Å²) in [4.78, 5) is 13.9. The van der Waals surface area contributed by atoms with Gasteiger partial charge in [0.2, 0.25) is 0 Å². The summed E-state index contributed by atoms with van der Waals surface area (Å²) in [5.41, 5.74) is 3.03. The SMILES string of the molecule is COc1ccc(Cn2c(C(=O)NC3CC3)cc3sc(C)cc32)cc1. The summed E-state index contributed by atoms with van der Waals surface area (Å²) in [7, 11) is 1.67. The number of ether oxygens (including phenoxy) is 1. The molecule has 124 valence electrons. The lowest BCUT2D eigenvalue weighted by Gasteiger charge is -2.11. The molecule has 2 aromatic heterocycles. The number of rotatable bonds is 5. The van der Waals surface area contributed by atoms with E-state index in [-0.39, 0.29) is 5.91 Å². The van der Waals surface area contributed by atoms with Gasteiger partial charge in [-0.05, 0) is 49.6 Å². The van der Waals surface area contributed by atoms with Gasteiger partial charge in [-0.15, -0.1) is 11.3 Å². The van der Waals surface area contributed by atoms with E-state index in [1.54, 1.807) is 18.4 Å². The zero-order chi connectivity index (χ0) is 16.7. The molecule has 24 heavy (non-hydrogen) atoms. The number of thiophene rings is 1. The van der Waals surface area contributed by atoms with Crippen molar-refractivity contribution in [3.05, 3.63) is 52.5 Å². The van der Waals surface area contributed by atoms with Gasteiger partial charge in [-0.2, -0.15) is 0 Å². The number of methoxy groups -OCH3 is 1. The number of amides is 1. The van der Waals surface area contributed by atoms with Crippen LogP contribution in [0.1, 0.15) is 33.8 Å².